The Morgan fingerprint density at radius 2 is 1.90 bits per heavy atom. The molecule has 0 heterocycles. The van der Waals surface area contributed by atoms with E-state index in [-0.39, 0.29) is 5.75 Å². The summed E-state index contributed by atoms with van der Waals surface area (Å²) < 4.78 is 0. The summed E-state index contributed by atoms with van der Waals surface area (Å²) in [6, 6.07) is 10.2. The Morgan fingerprint density at radius 1 is 1.25 bits per heavy atom. The number of benzene rings is 1. The summed E-state index contributed by atoms with van der Waals surface area (Å²) in [5, 5.41) is 22.3. The molecule has 3 nitrogen and oxygen atoms in total. The van der Waals surface area contributed by atoms with Gasteiger partial charge in [-0.1, -0.05) is 31.4 Å². The van der Waals surface area contributed by atoms with Gasteiger partial charge in [-0.2, -0.15) is 5.26 Å². The van der Waals surface area contributed by atoms with Crippen LogP contribution in [-0.4, -0.2) is 16.7 Å². The second kappa shape index (κ2) is 6.76. The predicted molar refractivity (Wildman–Crippen MR) is 80.5 cm³/mol. The molecule has 1 aromatic carbocycles. The fraction of sp³-hybridized carbons (Fsp3) is 0.588. The Balaban J connectivity index is 1.89. The van der Waals surface area contributed by atoms with Crippen LogP contribution in [0.5, 0.6) is 5.75 Å². The highest BCUT2D eigenvalue weighted by molar-refractivity contribution is 5.26. The highest BCUT2D eigenvalue weighted by Gasteiger charge is 2.27. The molecule has 1 atom stereocenters. The molecule has 2 N–H and O–H groups in total. The zero-order valence-corrected chi connectivity index (χ0v) is 12.2. The van der Waals surface area contributed by atoms with E-state index < -0.39 is 5.54 Å². The van der Waals surface area contributed by atoms with Gasteiger partial charge in [0.2, 0.25) is 0 Å². The van der Waals surface area contributed by atoms with Crippen LogP contribution < -0.4 is 5.32 Å². The van der Waals surface area contributed by atoms with E-state index in [4.69, 9.17) is 0 Å². The Bertz CT molecular complexity index is 457. The van der Waals surface area contributed by atoms with Gasteiger partial charge >= 0.3 is 0 Å². The summed E-state index contributed by atoms with van der Waals surface area (Å²) in [6.45, 7) is 2.00. The fourth-order valence-corrected chi connectivity index (χ4v) is 2.91. The monoisotopic (exact) mass is 272 g/mol. The van der Waals surface area contributed by atoms with Crippen LogP contribution in [0.2, 0.25) is 0 Å². The Kier molecular flexibility index (Phi) is 5.03. The van der Waals surface area contributed by atoms with Gasteiger partial charge in [-0.05, 0) is 50.3 Å². The molecule has 1 aliphatic carbocycles. The third-order valence-electron chi connectivity index (χ3n) is 4.22. The smallest absolute Gasteiger partial charge is 0.115 e. The molecule has 1 unspecified atom stereocenters. The lowest BCUT2D eigenvalue weighted by Gasteiger charge is -2.32. The third-order valence-corrected chi connectivity index (χ3v) is 4.22. The standard InChI is InChI=1S/C17H24N2O/c1-17(13-18,19-15-5-3-2-4-6-15)12-11-14-7-9-16(20)10-8-14/h7-10,15,19-20H,2-6,11-12H2,1H3. The zero-order chi connectivity index (χ0) is 14.4. The van der Waals surface area contributed by atoms with Crippen LogP contribution in [0.1, 0.15) is 51.0 Å². The molecule has 0 aromatic heterocycles. The summed E-state index contributed by atoms with van der Waals surface area (Å²) >= 11 is 0. The van der Waals surface area contributed by atoms with Crippen LogP contribution in [0.3, 0.4) is 0 Å². The Morgan fingerprint density at radius 3 is 2.50 bits per heavy atom. The molecule has 0 radical (unpaired) electrons. The number of hydrogen-bond donors (Lipinski definition) is 2. The average Bonchev–Trinajstić information content (AvgIpc) is 2.48. The molecule has 20 heavy (non-hydrogen) atoms. The first-order valence-corrected chi connectivity index (χ1v) is 7.58. The van der Waals surface area contributed by atoms with Crippen molar-refractivity contribution < 1.29 is 5.11 Å². The van der Waals surface area contributed by atoms with E-state index in [0.29, 0.717) is 6.04 Å². The topological polar surface area (TPSA) is 56.0 Å². The van der Waals surface area contributed by atoms with Crippen molar-refractivity contribution in [3.8, 4) is 11.8 Å². The van der Waals surface area contributed by atoms with E-state index in [1.54, 1.807) is 12.1 Å². The Hall–Kier alpha value is -1.53. The molecule has 0 amide bonds. The molecule has 1 aromatic rings. The maximum atomic E-state index is 9.49. The van der Waals surface area contributed by atoms with Crippen LogP contribution in [0.4, 0.5) is 0 Å². The Labute approximate surface area is 121 Å². The highest BCUT2D eigenvalue weighted by atomic mass is 16.3. The quantitative estimate of drug-likeness (QED) is 0.862. The average molecular weight is 272 g/mol. The maximum absolute atomic E-state index is 9.49. The summed E-state index contributed by atoms with van der Waals surface area (Å²) in [5.41, 5.74) is 0.703. The molecule has 1 fully saturated rings. The molecular formula is C17H24N2O. The SMILES string of the molecule is CC(C#N)(CCc1ccc(O)cc1)NC1CCCCC1. The van der Waals surface area contributed by atoms with E-state index in [1.807, 2.05) is 19.1 Å². The minimum atomic E-state index is -0.458. The van der Waals surface area contributed by atoms with Gasteiger partial charge in [0, 0.05) is 6.04 Å². The number of aromatic hydroxyl groups is 1. The van der Waals surface area contributed by atoms with Gasteiger partial charge in [-0.25, -0.2) is 0 Å². The summed E-state index contributed by atoms with van der Waals surface area (Å²) in [4.78, 5) is 0. The van der Waals surface area contributed by atoms with E-state index in [0.717, 1.165) is 18.4 Å². The number of phenolic OH excluding ortho intramolecular Hbond substituents is 1. The van der Waals surface area contributed by atoms with Gasteiger partial charge in [0.1, 0.15) is 11.3 Å². The molecule has 1 saturated carbocycles. The minimum absolute atomic E-state index is 0.289. The van der Waals surface area contributed by atoms with Gasteiger partial charge in [-0.15, -0.1) is 0 Å². The van der Waals surface area contributed by atoms with Gasteiger partial charge in [0.25, 0.3) is 0 Å². The maximum Gasteiger partial charge on any atom is 0.115 e. The van der Waals surface area contributed by atoms with Crippen molar-refractivity contribution in [2.24, 2.45) is 0 Å². The molecule has 0 bridgehead atoms. The molecule has 0 aliphatic heterocycles. The second-order valence-corrected chi connectivity index (χ2v) is 6.09. The van der Waals surface area contributed by atoms with E-state index in [2.05, 4.69) is 11.4 Å². The third kappa shape index (κ3) is 4.25. The van der Waals surface area contributed by atoms with E-state index >= 15 is 0 Å². The number of nitrogens with one attached hydrogen (secondary N) is 1. The number of hydrogen-bond acceptors (Lipinski definition) is 3. The van der Waals surface area contributed by atoms with Crippen LogP contribution >= 0.6 is 0 Å². The number of nitrogens with zero attached hydrogens (tertiary/aromatic N) is 1. The molecule has 108 valence electrons. The van der Waals surface area contributed by atoms with Crippen LogP contribution in [0.25, 0.3) is 0 Å². The summed E-state index contributed by atoms with van der Waals surface area (Å²) in [6.07, 6.45) is 7.91. The largest absolute Gasteiger partial charge is 0.508 e. The molecule has 1 aliphatic rings. The molecule has 0 spiro atoms. The first kappa shape index (κ1) is 14.9. The van der Waals surface area contributed by atoms with E-state index in [9.17, 15) is 10.4 Å². The number of nitriles is 1. The highest BCUT2D eigenvalue weighted by Crippen LogP contribution is 2.22. The lowest BCUT2D eigenvalue weighted by molar-refractivity contribution is 0.296. The van der Waals surface area contributed by atoms with Gasteiger partial charge < -0.3 is 5.11 Å². The molecule has 0 saturated heterocycles. The van der Waals surface area contributed by atoms with Crippen LogP contribution in [0, 0.1) is 11.3 Å². The lowest BCUT2D eigenvalue weighted by Crippen LogP contribution is -2.48. The van der Waals surface area contributed by atoms with Gasteiger partial charge in [0.15, 0.2) is 0 Å². The zero-order valence-electron chi connectivity index (χ0n) is 12.2. The summed E-state index contributed by atoms with van der Waals surface area (Å²) in [5.74, 6) is 0.289. The molecule has 2 rings (SSSR count). The number of aryl methyl sites for hydroxylation is 1. The van der Waals surface area contributed by atoms with Crippen molar-refractivity contribution in [3.05, 3.63) is 29.8 Å². The van der Waals surface area contributed by atoms with Crippen LogP contribution in [-0.2, 0) is 6.42 Å². The number of phenols is 1. The first-order chi connectivity index (χ1) is 9.61. The van der Waals surface area contributed by atoms with Gasteiger partial charge in [-0.3, -0.25) is 5.32 Å². The van der Waals surface area contributed by atoms with Crippen molar-refractivity contribution in [2.45, 2.75) is 63.5 Å². The fourth-order valence-electron chi connectivity index (χ4n) is 2.91. The lowest BCUT2D eigenvalue weighted by atomic mass is 9.89. The van der Waals surface area contributed by atoms with Crippen molar-refractivity contribution in [1.29, 1.82) is 5.26 Å². The van der Waals surface area contributed by atoms with E-state index in [1.165, 1.54) is 32.1 Å². The molecular weight excluding hydrogens is 248 g/mol. The number of rotatable bonds is 5. The normalized spacial score (nSPS) is 19.2. The van der Waals surface area contributed by atoms with Crippen molar-refractivity contribution in [2.75, 3.05) is 0 Å². The first-order valence-electron chi connectivity index (χ1n) is 7.58. The van der Waals surface area contributed by atoms with Crippen molar-refractivity contribution in [3.63, 3.8) is 0 Å². The van der Waals surface area contributed by atoms with Crippen molar-refractivity contribution in [1.82, 2.24) is 5.32 Å². The summed E-state index contributed by atoms with van der Waals surface area (Å²) in [7, 11) is 0. The van der Waals surface area contributed by atoms with Crippen molar-refractivity contribution >= 4 is 0 Å². The second-order valence-electron chi connectivity index (χ2n) is 6.09. The predicted octanol–water partition coefficient (Wildman–Crippen LogP) is 3.53. The minimum Gasteiger partial charge on any atom is -0.508 e. The van der Waals surface area contributed by atoms with Crippen LogP contribution in [0.15, 0.2) is 24.3 Å². The molecule has 3 heteroatoms. The van der Waals surface area contributed by atoms with Gasteiger partial charge in [0.05, 0.1) is 6.07 Å².